The quantitative estimate of drug-likeness (QED) is 0.483. The van der Waals surface area contributed by atoms with Gasteiger partial charge in [-0.05, 0) is 25.9 Å². The predicted molar refractivity (Wildman–Crippen MR) is 55.8 cm³/mol. The molecule has 0 radical (unpaired) electrons. The van der Waals surface area contributed by atoms with Gasteiger partial charge in [-0.25, -0.2) is 0 Å². The standard InChI is InChI=1S/C9H19NOS/c1-4-5-7-10-8-6-9(2)12(3)11/h4,9-10H,1,5-8H2,2-3H3. The molecule has 0 fully saturated rings. The zero-order chi connectivity index (χ0) is 9.40. The molecule has 1 N–H and O–H groups in total. The molecule has 12 heavy (non-hydrogen) atoms. The Morgan fingerprint density at radius 2 is 2.25 bits per heavy atom. The second-order valence-corrected chi connectivity index (χ2v) is 4.73. The highest BCUT2D eigenvalue weighted by atomic mass is 32.2. The second kappa shape index (κ2) is 7.50. The zero-order valence-electron chi connectivity index (χ0n) is 8.01. The van der Waals surface area contributed by atoms with Crippen LogP contribution in [-0.2, 0) is 10.8 Å². The smallest absolute Gasteiger partial charge is 0.0329 e. The van der Waals surface area contributed by atoms with Gasteiger partial charge in [-0.2, -0.15) is 0 Å². The first-order chi connectivity index (χ1) is 5.68. The molecule has 72 valence electrons. The lowest BCUT2D eigenvalue weighted by molar-refractivity contribution is 0.632. The lowest BCUT2D eigenvalue weighted by Gasteiger charge is -2.07. The molecule has 0 rings (SSSR count). The van der Waals surface area contributed by atoms with E-state index < -0.39 is 10.8 Å². The third kappa shape index (κ3) is 6.55. The minimum absolute atomic E-state index is 0.307. The highest BCUT2D eigenvalue weighted by molar-refractivity contribution is 7.84. The van der Waals surface area contributed by atoms with Crippen molar-refractivity contribution in [3.63, 3.8) is 0 Å². The van der Waals surface area contributed by atoms with Crippen molar-refractivity contribution in [1.82, 2.24) is 5.32 Å². The van der Waals surface area contributed by atoms with Crippen molar-refractivity contribution in [3.05, 3.63) is 12.7 Å². The molecule has 0 amide bonds. The summed E-state index contributed by atoms with van der Waals surface area (Å²) in [5.74, 6) is 0. The molecule has 0 aliphatic rings. The number of nitrogens with one attached hydrogen (secondary N) is 1. The topological polar surface area (TPSA) is 29.1 Å². The Hall–Kier alpha value is -0.150. The third-order valence-electron chi connectivity index (χ3n) is 1.82. The maximum absolute atomic E-state index is 10.9. The SMILES string of the molecule is C=CCCNCCC(C)S(C)=O. The summed E-state index contributed by atoms with van der Waals surface area (Å²) in [6.07, 6.45) is 5.65. The molecule has 2 nitrogen and oxygen atoms in total. The second-order valence-electron chi connectivity index (χ2n) is 2.93. The monoisotopic (exact) mass is 189 g/mol. The van der Waals surface area contributed by atoms with E-state index in [1.807, 2.05) is 13.0 Å². The Bertz CT molecular complexity index is 147. The summed E-state index contributed by atoms with van der Waals surface area (Å²) in [5, 5.41) is 3.57. The summed E-state index contributed by atoms with van der Waals surface area (Å²) in [5.41, 5.74) is 0. The van der Waals surface area contributed by atoms with E-state index in [9.17, 15) is 4.21 Å². The van der Waals surface area contributed by atoms with Gasteiger partial charge >= 0.3 is 0 Å². The number of hydrogen-bond acceptors (Lipinski definition) is 2. The largest absolute Gasteiger partial charge is 0.316 e. The molecule has 0 bridgehead atoms. The molecular weight excluding hydrogens is 170 g/mol. The maximum Gasteiger partial charge on any atom is 0.0329 e. The Kier molecular flexibility index (Phi) is 7.40. The van der Waals surface area contributed by atoms with Crippen LogP contribution in [0.15, 0.2) is 12.7 Å². The first-order valence-corrected chi connectivity index (χ1v) is 5.94. The van der Waals surface area contributed by atoms with Crippen LogP contribution in [0.2, 0.25) is 0 Å². The minimum Gasteiger partial charge on any atom is -0.316 e. The van der Waals surface area contributed by atoms with Crippen LogP contribution in [-0.4, -0.2) is 28.8 Å². The first-order valence-electron chi connectivity index (χ1n) is 4.32. The van der Waals surface area contributed by atoms with Crippen molar-refractivity contribution in [3.8, 4) is 0 Å². The number of rotatable bonds is 7. The summed E-state index contributed by atoms with van der Waals surface area (Å²) >= 11 is 0. The van der Waals surface area contributed by atoms with Gasteiger partial charge in [0, 0.05) is 22.3 Å². The van der Waals surface area contributed by atoms with Crippen LogP contribution in [0.25, 0.3) is 0 Å². The molecule has 0 saturated heterocycles. The van der Waals surface area contributed by atoms with Crippen molar-refractivity contribution >= 4 is 10.8 Å². The molecular formula is C9H19NOS. The normalized spacial score (nSPS) is 15.5. The van der Waals surface area contributed by atoms with Gasteiger partial charge < -0.3 is 5.32 Å². The summed E-state index contributed by atoms with van der Waals surface area (Å²) < 4.78 is 10.9. The molecule has 0 spiro atoms. The van der Waals surface area contributed by atoms with E-state index in [1.54, 1.807) is 6.26 Å². The minimum atomic E-state index is -0.678. The van der Waals surface area contributed by atoms with Crippen molar-refractivity contribution in [2.24, 2.45) is 0 Å². The third-order valence-corrected chi connectivity index (χ3v) is 3.19. The van der Waals surface area contributed by atoms with Gasteiger partial charge in [0.2, 0.25) is 0 Å². The fraction of sp³-hybridized carbons (Fsp3) is 0.778. The Morgan fingerprint density at radius 1 is 1.58 bits per heavy atom. The zero-order valence-corrected chi connectivity index (χ0v) is 8.82. The van der Waals surface area contributed by atoms with E-state index in [-0.39, 0.29) is 0 Å². The van der Waals surface area contributed by atoms with Gasteiger partial charge in [-0.3, -0.25) is 4.21 Å². The summed E-state index contributed by atoms with van der Waals surface area (Å²) in [4.78, 5) is 0. The van der Waals surface area contributed by atoms with Gasteiger partial charge in [0.1, 0.15) is 0 Å². The molecule has 0 aromatic rings. The molecule has 0 heterocycles. The molecule has 2 unspecified atom stereocenters. The van der Waals surface area contributed by atoms with E-state index in [2.05, 4.69) is 11.9 Å². The van der Waals surface area contributed by atoms with Gasteiger partial charge in [-0.1, -0.05) is 13.0 Å². The van der Waals surface area contributed by atoms with Gasteiger partial charge in [0.05, 0.1) is 0 Å². The maximum atomic E-state index is 10.9. The first kappa shape index (κ1) is 11.8. The Labute approximate surface area is 77.9 Å². The van der Waals surface area contributed by atoms with Crippen molar-refractivity contribution < 1.29 is 4.21 Å². The van der Waals surface area contributed by atoms with E-state index in [0.717, 1.165) is 25.9 Å². The van der Waals surface area contributed by atoms with Crippen molar-refractivity contribution in [2.75, 3.05) is 19.3 Å². The Balaban J connectivity index is 3.19. The molecule has 0 saturated carbocycles. The van der Waals surface area contributed by atoms with E-state index in [1.165, 1.54) is 0 Å². The summed E-state index contributed by atoms with van der Waals surface area (Å²) in [6.45, 7) is 7.58. The van der Waals surface area contributed by atoms with E-state index in [0.29, 0.717) is 5.25 Å². The average Bonchev–Trinajstić information content (AvgIpc) is 2.03. The van der Waals surface area contributed by atoms with Crippen LogP contribution in [0.1, 0.15) is 19.8 Å². The molecule has 0 aliphatic carbocycles. The van der Waals surface area contributed by atoms with Crippen LogP contribution < -0.4 is 5.32 Å². The molecule has 2 atom stereocenters. The lowest BCUT2D eigenvalue weighted by Crippen LogP contribution is -2.21. The van der Waals surface area contributed by atoms with Crippen LogP contribution in [0.3, 0.4) is 0 Å². The van der Waals surface area contributed by atoms with E-state index >= 15 is 0 Å². The summed E-state index contributed by atoms with van der Waals surface area (Å²) in [6, 6.07) is 0. The Morgan fingerprint density at radius 3 is 2.75 bits per heavy atom. The predicted octanol–water partition coefficient (Wildman–Crippen LogP) is 1.31. The lowest BCUT2D eigenvalue weighted by atomic mass is 10.3. The fourth-order valence-corrected chi connectivity index (χ4v) is 1.25. The van der Waals surface area contributed by atoms with Gasteiger partial charge in [0.15, 0.2) is 0 Å². The average molecular weight is 189 g/mol. The van der Waals surface area contributed by atoms with Crippen molar-refractivity contribution in [2.45, 2.75) is 25.0 Å². The highest BCUT2D eigenvalue weighted by Crippen LogP contribution is 1.96. The molecule has 0 aliphatic heterocycles. The molecule has 0 aromatic heterocycles. The highest BCUT2D eigenvalue weighted by Gasteiger charge is 2.03. The van der Waals surface area contributed by atoms with Gasteiger partial charge in [-0.15, -0.1) is 6.58 Å². The van der Waals surface area contributed by atoms with Crippen molar-refractivity contribution in [1.29, 1.82) is 0 Å². The summed E-state index contributed by atoms with van der Waals surface area (Å²) in [7, 11) is -0.678. The van der Waals surface area contributed by atoms with Crippen LogP contribution in [0, 0.1) is 0 Å². The van der Waals surface area contributed by atoms with Crippen LogP contribution in [0.5, 0.6) is 0 Å². The van der Waals surface area contributed by atoms with Gasteiger partial charge in [0.25, 0.3) is 0 Å². The fourth-order valence-electron chi connectivity index (χ4n) is 0.800. The van der Waals surface area contributed by atoms with E-state index in [4.69, 9.17) is 0 Å². The molecule has 0 aromatic carbocycles. The van der Waals surface area contributed by atoms with Crippen LogP contribution in [0.4, 0.5) is 0 Å². The number of hydrogen-bond donors (Lipinski definition) is 1. The molecule has 3 heteroatoms. The van der Waals surface area contributed by atoms with Crippen LogP contribution >= 0.6 is 0 Å².